The van der Waals surface area contributed by atoms with Gasteiger partial charge in [-0.15, -0.1) is 0 Å². The summed E-state index contributed by atoms with van der Waals surface area (Å²) in [6.07, 6.45) is 0. The van der Waals surface area contributed by atoms with E-state index in [4.69, 9.17) is 5.21 Å². The van der Waals surface area contributed by atoms with Gasteiger partial charge in [0.1, 0.15) is 0 Å². The summed E-state index contributed by atoms with van der Waals surface area (Å²) in [7, 11) is 2.16. The summed E-state index contributed by atoms with van der Waals surface area (Å²) in [5, 5.41) is 8.56. The Kier molecular flexibility index (Phi) is 4.52. The minimum atomic E-state index is -0.472. The molecule has 1 atom stereocenters. The van der Waals surface area contributed by atoms with Crippen LogP contribution < -0.4 is 5.48 Å². The number of rotatable bonds is 3. The van der Waals surface area contributed by atoms with Crippen LogP contribution in [0.4, 0.5) is 0 Å². The van der Waals surface area contributed by atoms with Crippen LogP contribution in [0, 0.1) is 0 Å². The van der Waals surface area contributed by atoms with Gasteiger partial charge in [0.25, 0.3) is 5.91 Å². The van der Waals surface area contributed by atoms with Gasteiger partial charge in [-0.3, -0.25) is 14.9 Å². The highest BCUT2D eigenvalue weighted by atomic mass is 16.5. The van der Waals surface area contributed by atoms with Crippen molar-refractivity contribution < 1.29 is 10.0 Å². The molecule has 0 aromatic heterocycles. The molecule has 1 saturated heterocycles. The Morgan fingerprint density at radius 2 is 2.05 bits per heavy atom. The molecule has 1 fully saturated rings. The zero-order valence-corrected chi connectivity index (χ0v) is 11.5. The molecule has 0 saturated carbocycles. The number of likely N-dealkylation sites (N-methyl/N-ethyl adjacent to an activating group) is 1. The highest BCUT2D eigenvalue weighted by molar-refractivity contribution is 5.93. The van der Waals surface area contributed by atoms with Crippen molar-refractivity contribution in [2.75, 3.05) is 26.7 Å². The molecule has 0 aliphatic carbocycles. The second-order valence-corrected chi connectivity index (χ2v) is 5.20. The normalized spacial score (nSPS) is 21.3. The summed E-state index contributed by atoms with van der Waals surface area (Å²) < 4.78 is 0. The topological polar surface area (TPSA) is 55.8 Å². The largest absolute Gasteiger partial charge is 0.301 e. The molecular formula is C14H21N3O2. The summed E-state index contributed by atoms with van der Waals surface area (Å²) >= 11 is 0. The van der Waals surface area contributed by atoms with Crippen molar-refractivity contribution in [1.82, 2.24) is 15.3 Å². The Bertz CT molecular complexity index is 433. The van der Waals surface area contributed by atoms with Crippen LogP contribution in [0.25, 0.3) is 0 Å². The lowest BCUT2D eigenvalue weighted by Gasteiger charge is -2.37. The van der Waals surface area contributed by atoms with Crippen LogP contribution in [-0.2, 0) is 6.54 Å². The molecule has 1 aliphatic heterocycles. The van der Waals surface area contributed by atoms with Crippen LogP contribution >= 0.6 is 0 Å². The molecule has 0 bridgehead atoms. The van der Waals surface area contributed by atoms with E-state index in [0.29, 0.717) is 11.6 Å². The lowest BCUT2D eigenvalue weighted by atomic mass is 10.1. The summed E-state index contributed by atoms with van der Waals surface area (Å²) in [6, 6.07) is 7.93. The molecule has 19 heavy (non-hydrogen) atoms. The van der Waals surface area contributed by atoms with Gasteiger partial charge in [0.05, 0.1) is 0 Å². The van der Waals surface area contributed by atoms with Crippen molar-refractivity contribution in [3.05, 3.63) is 35.4 Å². The van der Waals surface area contributed by atoms with E-state index in [0.717, 1.165) is 26.2 Å². The fraction of sp³-hybridized carbons (Fsp3) is 0.500. The van der Waals surface area contributed by atoms with E-state index in [1.54, 1.807) is 17.6 Å². The third-order valence-corrected chi connectivity index (χ3v) is 3.77. The molecule has 1 unspecified atom stereocenters. The molecular weight excluding hydrogens is 242 g/mol. The number of hydroxylamine groups is 1. The van der Waals surface area contributed by atoms with Gasteiger partial charge in [-0.25, -0.2) is 5.48 Å². The monoisotopic (exact) mass is 263 g/mol. The molecule has 2 rings (SSSR count). The van der Waals surface area contributed by atoms with Gasteiger partial charge in [-0.05, 0) is 31.7 Å². The van der Waals surface area contributed by atoms with Gasteiger partial charge in [0, 0.05) is 37.8 Å². The van der Waals surface area contributed by atoms with Crippen molar-refractivity contribution >= 4 is 5.91 Å². The van der Waals surface area contributed by atoms with E-state index < -0.39 is 5.91 Å². The number of piperazine rings is 1. The summed E-state index contributed by atoms with van der Waals surface area (Å²) in [4.78, 5) is 16.0. The van der Waals surface area contributed by atoms with Gasteiger partial charge in [0.15, 0.2) is 0 Å². The Morgan fingerprint density at radius 3 is 2.63 bits per heavy atom. The first-order valence-electron chi connectivity index (χ1n) is 6.56. The minimum absolute atomic E-state index is 0.470. The van der Waals surface area contributed by atoms with E-state index in [1.165, 1.54) is 5.56 Å². The van der Waals surface area contributed by atoms with E-state index in [9.17, 15) is 4.79 Å². The Labute approximate surface area is 113 Å². The highest BCUT2D eigenvalue weighted by Crippen LogP contribution is 2.12. The van der Waals surface area contributed by atoms with Crippen molar-refractivity contribution in [1.29, 1.82) is 0 Å². The second-order valence-electron chi connectivity index (χ2n) is 5.20. The first kappa shape index (κ1) is 14.0. The number of amides is 1. The smallest absolute Gasteiger partial charge is 0.274 e. The predicted octanol–water partition coefficient (Wildman–Crippen LogP) is 0.942. The number of nitrogens with one attached hydrogen (secondary N) is 1. The van der Waals surface area contributed by atoms with Gasteiger partial charge in [-0.1, -0.05) is 12.1 Å². The van der Waals surface area contributed by atoms with Gasteiger partial charge >= 0.3 is 0 Å². The third-order valence-electron chi connectivity index (χ3n) is 3.77. The number of carbonyl (C=O) groups is 1. The minimum Gasteiger partial charge on any atom is -0.301 e. The van der Waals surface area contributed by atoms with E-state index >= 15 is 0 Å². The summed E-state index contributed by atoms with van der Waals surface area (Å²) in [5.41, 5.74) is 3.29. The fourth-order valence-corrected chi connectivity index (χ4v) is 2.35. The quantitative estimate of drug-likeness (QED) is 0.629. The molecule has 2 N–H and O–H groups in total. The maximum atomic E-state index is 11.2. The molecule has 1 aliphatic rings. The maximum Gasteiger partial charge on any atom is 0.274 e. The Balaban J connectivity index is 1.94. The maximum absolute atomic E-state index is 11.2. The van der Waals surface area contributed by atoms with Crippen LogP contribution in [0.1, 0.15) is 22.8 Å². The first-order valence-corrected chi connectivity index (χ1v) is 6.56. The van der Waals surface area contributed by atoms with E-state index in [1.807, 2.05) is 12.1 Å². The Hall–Kier alpha value is -1.43. The van der Waals surface area contributed by atoms with E-state index in [2.05, 4.69) is 23.8 Å². The summed E-state index contributed by atoms with van der Waals surface area (Å²) in [5.74, 6) is -0.472. The highest BCUT2D eigenvalue weighted by Gasteiger charge is 2.20. The molecule has 5 heteroatoms. The average molecular weight is 263 g/mol. The molecule has 1 heterocycles. The van der Waals surface area contributed by atoms with Crippen LogP contribution in [0.2, 0.25) is 0 Å². The van der Waals surface area contributed by atoms with Crippen LogP contribution in [0.3, 0.4) is 0 Å². The molecule has 1 aromatic rings. The van der Waals surface area contributed by atoms with Crippen molar-refractivity contribution in [3.8, 4) is 0 Å². The molecule has 0 spiro atoms. The first-order chi connectivity index (χ1) is 9.10. The lowest BCUT2D eigenvalue weighted by molar-refractivity contribution is 0.0706. The SMILES string of the molecule is CC1CN(Cc2ccc(C(=O)NO)cc2)CCN1C. The second kappa shape index (κ2) is 6.14. The summed E-state index contributed by atoms with van der Waals surface area (Å²) in [6.45, 7) is 6.36. The van der Waals surface area contributed by atoms with Gasteiger partial charge in [0.2, 0.25) is 0 Å². The molecule has 104 valence electrons. The zero-order valence-electron chi connectivity index (χ0n) is 11.5. The number of benzene rings is 1. The lowest BCUT2D eigenvalue weighted by Crippen LogP contribution is -2.49. The molecule has 5 nitrogen and oxygen atoms in total. The van der Waals surface area contributed by atoms with Crippen LogP contribution in [-0.4, -0.2) is 53.6 Å². The molecule has 0 radical (unpaired) electrons. The van der Waals surface area contributed by atoms with Gasteiger partial charge in [-0.2, -0.15) is 0 Å². The predicted molar refractivity (Wildman–Crippen MR) is 73.1 cm³/mol. The standard InChI is InChI=1S/C14H21N3O2/c1-11-9-17(8-7-16(11)2)10-12-3-5-13(6-4-12)14(18)15-19/h3-6,11,19H,7-10H2,1-2H3,(H,15,18). The van der Waals surface area contributed by atoms with Gasteiger partial charge < -0.3 is 4.90 Å². The third kappa shape index (κ3) is 3.53. The van der Waals surface area contributed by atoms with Crippen molar-refractivity contribution in [3.63, 3.8) is 0 Å². The number of nitrogens with zero attached hydrogens (tertiary/aromatic N) is 2. The molecule has 1 aromatic carbocycles. The molecule has 1 amide bonds. The zero-order chi connectivity index (χ0) is 13.8. The van der Waals surface area contributed by atoms with Crippen molar-refractivity contribution in [2.45, 2.75) is 19.5 Å². The number of hydrogen-bond acceptors (Lipinski definition) is 4. The Morgan fingerprint density at radius 1 is 1.37 bits per heavy atom. The fourth-order valence-electron chi connectivity index (χ4n) is 2.35. The van der Waals surface area contributed by atoms with Crippen molar-refractivity contribution in [2.24, 2.45) is 0 Å². The average Bonchev–Trinajstić information content (AvgIpc) is 2.43. The van der Waals surface area contributed by atoms with Crippen LogP contribution in [0.5, 0.6) is 0 Å². The number of carbonyl (C=O) groups excluding carboxylic acids is 1. The van der Waals surface area contributed by atoms with Crippen LogP contribution in [0.15, 0.2) is 24.3 Å². The van der Waals surface area contributed by atoms with E-state index in [-0.39, 0.29) is 0 Å². The number of hydrogen-bond donors (Lipinski definition) is 2.